The molecule has 0 aliphatic carbocycles. The van der Waals surface area contributed by atoms with E-state index < -0.39 is 5.60 Å². The number of likely N-dealkylation sites (tertiary alicyclic amines) is 1. The van der Waals surface area contributed by atoms with Gasteiger partial charge in [-0.05, 0) is 26.7 Å². The Kier molecular flexibility index (Phi) is 4.42. The molecule has 1 amide bonds. The van der Waals surface area contributed by atoms with E-state index in [0.717, 1.165) is 13.1 Å². The lowest BCUT2D eigenvalue weighted by molar-refractivity contribution is 0.0286. The van der Waals surface area contributed by atoms with Crippen LogP contribution in [-0.2, 0) is 4.74 Å². The lowest BCUT2D eigenvalue weighted by atomic mass is 10.1. The maximum absolute atomic E-state index is 11.9. The Labute approximate surface area is 105 Å². The van der Waals surface area contributed by atoms with Gasteiger partial charge in [-0.15, -0.1) is 0 Å². The first-order chi connectivity index (χ1) is 7.69. The summed E-state index contributed by atoms with van der Waals surface area (Å²) in [6.07, 6.45) is -0.197. The van der Waals surface area contributed by atoms with E-state index in [1.807, 2.05) is 20.8 Å². The molecule has 0 unspecified atom stereocenters. The third-order valence-electron chi connectivity index (χ3n) is 2.81. The predicted molar refractivity (Wildman–Crippen MR) is 69.0 cm³/mol. The van der Waals surface area contributed by atoms with Crippen LogP contribution in [0.5, 0.6) is 0 Å². The van der Waals surface area contributed by atoms with Gasteiger partial charge in [0.15, 0.2) is 0 Å². The van der Waals surface area contributed by atoms with Crippen LogP contribution in [0.4, 0.5) is 4.79 Å². The molecule has 2 atom stereocenters. The SMILES string of the molecule is CC(C)N[C@H]1CN(C(=O)OC(C)(C)C)C[C@@H]1C. The van der Waals surface area contributed by atoms with Crippen molar-refractivity contribution in [3.63, 3.8) is 0 Å². The third-order valence-corrected chi connectivity index (χ3v) is 2.81. The number of amides is 1. The second-order valence-corrected chi connectivity index (χ2v) is 6.29. The summed E-state index contributed by atoms with van der Waals surface area (Å²) in [5.74, 6) is 0.477. The second-order valence-electron chi connectivity index (χ2n) is 6.29. The van der Waals surface area contributed by atoms with Crippen LogP contribution in [0.1, 0.15) is 41.5 Å². The maximum Gasteiger partial charge on any atom is 0.410 e. The second kappa shape index (κ2) is 5.25. The van der Waals surface area contributed by atoms with E-state index in [4.69, 9.17) is 4.74 Å². The molecule has 0 saturated carbocycles. The maximum atomic E-state index is 11.9. The minimum Gasteiger partial charge on any atom is -0.444 e. The topological polar surface area (TPSA) is 41.6 Å². The van der Waals surface area contributed by atoms with E-state index in [1.165, 1.54) is 0 Å². The molecule has 0 aromatic heterocycles. The van der Waals surface area contributed by atoms with Gasteiger partial charge in [0.2, 0.25) is 0 Å². The molecule has 1 rings (SSSR count). The number of nitrogens with one attached hydrogen (secondary N) is 1. The first kappa shape index (κ1) is 14.3. The molecule has 1 aliphatic heterocycles. The fourth-order valence-electron chi connectivity index (χ4n) is 2.09. The molecule has 1 aliphatic rings. The van der Waals surface area contributed by atoms with E-state index in [1.54, 1.807) is 4.90 Å². The Morgan fingerprint density at radius 2 is 1.94 bits per heavy atom. The van der Waals surface area contributed by atoms with Crippen LogP contribution >= 0.6 is 0 Å². The van der Waals surface area contributed by atoms with E-state index in [2.05, 4.69) is 26.1 Å². The Hall–Kier alpha value is -0.770. The third kappa shape index (κ3) is 4.54. The standard InChI is InChI=1S/C13H26N2O2/c1-9(2)14-11-8-15(7-10(11)3)12(16)17-13(4,5)6/h9-11,14H,7-8H2,1-6H3/t10-,11-/m0/s1. The highest BCUT2D eigenvalue weighted by molar-refractivity contribution is 5.68. The quantitative estimate of drug-likeness (QED) is 0.807. The molecule has 0 aromatic carbocycles. The summed E-state index contributed by atoms with van der Waals surface area (Å²) in [6, 6.07) is 0.823. The Balaban J connectivity index is 2.51. The van der Waals surface area contributed by atoms with Crippen LogP contribution in [-0.4, -0.2) is 41.8 Å². The van der Waals surface area contributed by atoms with E-state index in [9.17, 15) is 4.79 Å². The van der Waals surface area contributed by atoms with Crippen molar-refractivity contribution in [3.05, 3.63) is 0 Å². The lowest BCUT2D eigenvalue weighted by Gasteiger charge is -2.24. The molecule has 1 N–H and O–H groups in total. The lowest BCUT2D eigenvalue weighted by Crippen LogP contribution is -2.41. The molecule has 100 valence electrons. The van der Waals surface area contributed by atoms with Gasteiger partial charge in [-0.3, -0.25) is 0 Å². The first-order valence-corrected chi connectivity index (χ1v) is 6.43. The van der Waals surface area contributed by atoms with E-state index in [-0.39, 0.29) is 6.09 Å². The Morgan fingerprint density at radius 1 is 1.35 bits per heavy atom. The smallest absolute Gasteiger partial charge is 0.410 e. The Bertz CT molecular complexity index is 271. The van der Waals surface area contributed by atoms with Crippen LogP contribution < -0.4 is 5.32 Å². The summed E-state index contributed by atoms with van der Waals surface area (Å²) in [5, 5.41) is 3.49. The van der Waals surface area contributed by atoms with Gasteiger partial charge in [0, 0.05) is 25.2 Å². The molecule has 0 radical (unpaired) electrons. The molecule has 1 saturated heterocycles. The van der Waals surface area contributed by atoms with Gasteiger partial charge in [-0.1, -0.05) is 20.8 Å². The van der Waals surface area contributed by atoms with Gasteiger partial charge in [-0.25, -0.2) is 4.79 Å². The highest BCUT2D eigenvalue weighted by atomic mass is 16.6. The average molecular weight is 242 g/mol. The van der Waals surface area contributed by atoms with Crippen molar-refractivity contribution in [2.75, 3.05) is 13.1 Å². The first-order valence-electron chi connectivity index (χ1n) is 6.43. The van der Waals surface area contributed by atoms with Gasteiger partial charge >= 0.3 is 6.09 Å². The molecule has 17 heavy (non-hydrogen) atoms. The fraction of sp³-hybridized carbons (Fsp3) is 0.923. The number of nitrogens with zero attached hydrogens (tertiary/aromatic N) is 1. The monoisotopic (exact) mass is 242 g/mol. The number of ether oxygens (including phenoxy) is 1. The molecule has 1 heterocycles. The van der Waals surface area contributed by atoms with Crippen LogP contribution in [0.15, 0.2) is 0 Å². The molecule has 4 nitrogen and oxygen atoms in total. The zero-order valence-corrected chi connectivity index (χ0v) is 11.9. The van der Waals surface area contributed by atoms with Gasteiger partial charge in [0.05, 0.1) is 0 Å². The highest BCUT2D eigenvalue weighted by Crippen LogP contribution is 2.19. The number of carbonyl (C=O) groups is 1. The zero-order chi connectivity index (χ0) is 13.2. The predicted octanol–water partition coefficient (Wildman–Crippen LogP) is 2.24. The highest BCUT2D eigenvalue weighted by Gasteiger charge is 2.34. The molecule has 0 aromatic rings. The van der Waals surface area contributed by atoms with Crippen LogP contribution in [0, 0.1) is 5.92 Å². The molecular weight excluding hydrogens is 216 g/mol. The Morgan fingerprint density at radius 3 is 2.41 bits per heavy atom. The number of rotatable bonds is 2. The van der Waals surface area contributed by atoms with Crippen molar-refractivity contribution in [2.45, 2.75) is 59.2 Å². The number of hydrogen-bond acceptors (Lipinski definition) is 3. The normalized spacial score (nSPS) is 25.5. The summed E-state index contributed by atoms with van der Waals surface area (Å²) >= 11 is 0. The van der Waals surface area contributed by atoms with E-state index >= 15 is 0 Å². The summed E-state index contributed by atoms with van der Waals surface area (Å²) < 4.78 is 5.38. The molecule has 0 spiro atoms. The van der Waals surface area contributed by atoms with E-state index in [0.29, 0.717) is 18.0 Å². The number of hydrogen-bond donors (Lipinski definition) is 1. The van der Waals surface area contributed by atoms with Crippen LogP contribution in [0.3, 0.4) is 0 Å². The molecule has 0 bridgehead atoms. The summed E-state index contributed by atoms with van der Waals surface area (Å²) in [5.41, 5.74) is -0.413. The van der Waals surface area contributed by atoms with Gasteiger partial charge in [-0.2, -0.15) is 0 Å². The van der Waals surface area contributed by atoms with Crippen molar-refractivity contribution < 1.29 is 9.53 Å². The largest absolute Gasteiger partial charge is 0.444 e. The van der Waals surface area contributed by atoms with Gasteiger partial charge < -0.3 is 15.0 Å². The van der Waals surface area contributed by atoms with Crippen molar-refractivity contribution in [2.24, 2.45) is 5.92 Å². The summed E-state index contributed by atoms with van der Waals surface area (Å²) in [6.45, 7) is 13.6. The average Bonchev–Trinajstić information content (AvgIpc) is 2.44. The van der Waals surface area contributed by atoms with Crippen molar-refractivity contribution >= 4 is 6.09 Å². The number of carbonyl (C=O) groups excluding carboxylic acids is 1. The molecular formula is C13H26N2O2. The van der Waals surface area contributed by atoms with Crippen molar-refractivity contribution in [1.29, 1.82) is 0 Å². The summed E-state index contributed by atoms with van der Waals surface area (Å²) in [7, 11) is 0. The van der Waals surface area contributed by atoms with Crippen LogP contribution in [0.2, 0.25) is 0 Å². The fourth-order valence-corrected chi connectivity index (χ4v) is 2.09. The van der Waals surface area contributed by atoms with Crippen molar-refractivity contribution in [1.82, 2.24) is 10.2 Å². The van der Waals surface area contributed by atoms with Gasteiger partial charge in [0.25, 0.3) is 0 Å². The molecule has 1 fully saturated rings. The summed E-state index contributed by atoms with van der Waals surface area (Å²) in [4.78, 5) is 13.7. The van der Waals surface area contributed by atoms with Crippen molar-refractivity contribution in [3.8, 4) is 0 Å². The molecule has 4 heteroatoms. The minimum absolute atomic E-state index is 0.197. The van der Waals surface area contributed by atoms with Crippen LogP contribution in [0.25, 0.3) is 0 Å². The minimum atomic E-state index is -0.413. The van der Waals surface area contributed by atoms with Gasteiger partial charge in [0.1, 0.15) is 5.60 Å². The zero-order valence-electron chi connectivity index (χ0n) is 11.9.